The van der Waals surface area contributed by atoms with Crippen molar-refractivity contribution in [1.82, 2.24) is 10.2 Å². The van der Waals surface area contributed by atoms with Crippen LogP contribution in [0.5, 0.6) is 17.2 Å². The maximum atomic E-state index is 12.5. The van der Waals surface area contributed by atoms with Gasteiger partial charge in [-0.15, -0.1) is 0 Å². The summed E-state index contributed by atoms with van der Waals surface area (Å²) in [7, 11) is 0. The first-order valence-electron chi connectivity index (χ1n) is 11.4. The first-order chi connectivity index (χ1) is 15.8. The Labute approximate surface area is 194 Å². The van der Waals surface area contributed by atoms with Crippen molar-refractivity contribution < 1.29 is 28.8 Å². The molecule has 8 nitrogen and oxygen atoms in total. The summed E-state index contributed by atoms with van der Waals surface area (Å²) in [4.78, 5) is 14.6. The molecule has 0 fully saturated rings. The second-order valence-corrected chi connectivity index (χ2v) is 8.81. The molecule has 1 atom stereocenters. The van der Waals surface area contributed by atoms with Crippen molar-refractivity contribution in [2.75, 3.05) is 26.4 Å². The van der Waals surface area contributed by atoms with Crippen molar-refractivity contribution in [1.29, 1.82) is 0 Å². The summed E-state index contributed by atoms with van der Waals surface area (Å²) in [6.07, 6.45) is 8.58. The van der Waals surface area contributed by atoms with E-state index in [9.17, 15) is 9.90 Å². The molecular formula is C25H32N2O6. The number of fused-ring (bicyclic) bond motifs is 2. The number of benzene rings is 1. The van der Waals surface area contributed by atoms with Gasteiger partial charge in [-0.1, -0.05) is 13.0 Å². The normalized spacial score (nSPS) is 19.9. The summed E-state index contributed by atoms with van der Waals surface area (Å²) in [5.41, 5.74) is 1.48. The van der Waals surface area contributed by atoms with E-state index >= 15 is 0 Å². The molecule has 1 aromatic rings. The van der Waals surface area contributed by atoms with Gasteiger partial charge in [0.25, 0.3) is 0 Å². The third-order valence-electron chi connectivity index (χ3n) is 5.72. The molecule has 0 saturated carbocycles. The van der Waals surface area contributed by atoms with Crippen LogP contribution in [0.3, 0.4) is 0 Å². The number of ether oxygens (including phenoxy) is 4. The molecule has 0 amide bonds. The van der Waals surface area contributed by atoms with Crippen molar-refractivity contribution in [3.63, 3.8) is 0 Å². The van der Waals surface area contributed by atoms with Crippen molar-refractivity contribution in [3.05, 3.63) is 47.5 Å². The monoisotopic (exact) mass is 456 g/mol. The number of carbonyl (C=O) groups is 1. The number of rotatable bonds is 8. The molecule has 1 unspecified atom stereocenters. The number of esters is 1. The molecule has 8 heteroatoms. The summed E-state index contributed by atoms with van der Waals surface area (Å²) in [6.45, 7) is 9.39. The Kier molecular flexibility index (Phi) is 6.56. The van der Waals surface area contributed by atoms with E-state index in [1.165, 1.54) is 0 Å². The average Bonchev–Trinajstić information content (AvgIpc) is 3.44. The highest BCUT2D eigenvalue weighted by atomic mass is 16.6. The third-order valence-corrected chi connectivity index (χ3v) is 5.72. The minimum absolute atomic E-state index is 0.115. The van der Waals surface area contributed by atoms with Crippen LogP contribution in [0.15, 0.2) is 36.4 Å². The highest BCUT2D eigenvalue weighted by Gasteiger charge is 2.39. The minimum atomic E-state index is -1.02. The SMILES string of the molecule is CCCOc1c2c(cc3c1C(=CCN1C=CNC1)C=C(C(=O)OCC)O3)OC(C(C)(C)O)C2. The van der Waals surface area contributed by atoms with Gasteiger partial charge in [0.05, 0.1) is 31.0 Å². The Balaban J connectivity index is 1.80. The molecule has 0 aromatic heterocycles. The molecule has 0 bridgehead atoms. The van der Waals surface area contributed by atoms with Crippen LogP contribution in [0.2, 0.25) is 0 Å². The molecule has 2 N–H and O–H groups in total. The van der Waals surface area contributed by atoms with E-state index in [0.29, 0.717) is 43.5 Å². The fourth-order valence-corrected chi connectivity index (χ4v) is 3.99. The van der Waals surface area contributed by atoms with Gasteiger partial charge in [0.2, 0.25) is 5.76 Å². The Hall–Kier alpha value is -3.13. The Morgan fingerprint density at radius 2 is 2.18 bits per heavy atom. The highest BCUT2D eigenvalue weighted by molar-refractivity contribution is 5.95. The molecule has 0 aliphatic carbocycles. The van der Waals surface area contributed by atoms with Gasteiger partial charge >= 0.3 is 5.97 Å². The zero-order chi connectivity index (χ0) is 23.6. The van der Waals surface area contributed by atoms with Gasteiger partial charge in [0.15, 0.2) is 0 Å². The molecular weight excluding hydrogens is 424 g/mol. The van der Waals surface area contributed by atoms with Crippen LogP contribution in [-0.4, -0.2) is 54.1 Å². The van der Waals surface area contributed by atoms with Gasteiger partial charge in [-0.2, -0.15) is 0 Å². The number of allylic oxidation sites excluding steroid dienone is 2. The van der Waals surface area contributed by atoms with E-state index in [1.54, 1.807) is 32.9 Å². The van der Waals surface area contributed by atoms with E-state index in [1.807, 2.05) is 25.4 Å². The molecule has 0 saturated heterocycles. The van der Waals surface area contributed by atoms with E-state index < -0.39 is 17.7 Å². The van der Waals surface area contributed by atoms with Crippen LogP contribution in [-0.2, 0) is 16.0 Å². The van der Waals surface area contributed by atoms with Crippen molar-refractivity contribution in [2.45, 2.75) is 52.2 Å². The lowest BCUT2D eigenvalue weighted by Crippen LogP contribution is -2.39. The van der Waals surface area contributed by atoms with Crippen molar-refractivity contribution in [3.8, 4) is 17.2 Å². The molecule has 1 aromatic carbocycles. The standard InChI is InChI=1S/C25H32N2O6/c1-5-11-31-23-17-13-21(25(3,4)29)33-18(17)14-19-22(23)16(7-9-27-10-8-26-15-27)12-20(32-19)24(28)30-6-2/h7-8,10,12,14,21,26,29H,5-6,9,11,13,15H2,1-4H3. The van der Waals surface area contributed by atoms with Crippen molar-refractivity contribution in [2.24, 2.45) is 0 Å². The van der Waals surface area contributed by atoms with Gasteiger partial charge in [0, 0.05) is 37.0 Å². The van der Waals surface area contributed by atoms with E-state index in [4.69, 9.17) is 18.9 Å². The Morgan fingerprint density at radius 3 is 2.85 bits per heavy atom. The smallest absolute Gasteiger partial charge is 0.374 e. The van der Waals surface area contributed by atoms with Gasteiger partial charge in [-0.3, -0.25) is 0 Å². The number of aliphatic hydroxyl groups is 1. The highest BCUT2D eigenvalue weighted by Crippen LogP contribution is 2.50. The molecule has 4 rings (SSSR count). The maximum Gasteiger partial charge on any atom is 0.374 e. The number of nitrogens with zero attached hydrogens (tertiary/aromatic N) is 1. The number of hydrogen-bond donors (Lipinski definition) is 2. The summed E-state index contributed by atoms with van der Waals surface area (Å²) >= 11 is 0. The predicted octanol–water partition coefficient (Wildman–Crippen LogP) is 3.11. The lowest BCUT2D eigenvalue weighted by molar-refractivity contribution is -0.141. The van der Waals surface area contributed by atoms with Crippen LogP contribution in [0.1, 0.15) is 45.2 Å². The zero-order valence-corrected chi connectivity index (χ0v) is 19.6. The summed E-state index contributed by atoms with van der Waals surface area (Å²) in [5, 5.41) is 13.7. The molecule has 3 aliphatic heterocycles. The molecule has 3 aliphatic rings. The number of nitrogens with one attached hydrogen (secondary N) is 1. The topological polar surface area (TPSA) is 89.5 Å². The summed E-state index contributed by atoms with van der Waals surface area (Å²) < 4.78 is 23.5. The summed E-state index contributed by atoms with van der Waals surface area (Å²) in [6, 6.07) is 1.78. The first kappa shape index (κ1) is 23.0. The molecule has 33 heavy (non-hydrogen) atoms. The second-order valence-electron chi connectivity index (χ2n) is 8.81. The van der Waals surface area contributed by atoms with E-state index in [2.05, 4.69) is 10.2 Å². The predicted molar refractivity (Wildman–Crippen MR) is 124 cm³/mol. The van der Waals surface area contributed by atoms with Gasteiger partial charge < -0.3 is 34.3 Å². The summed E-state index contributed by atoms with van der Waals surface area (Å²) in [5.74, 6) is 1.34. The van der Waals surface area contributed by atoms with E-state index in [0.717, 1.165) is 23.1 Å². The molecule has 0 spiro atoms. The van der Waals surface area contributed by atoms with E-state index in [-0.39, 0.29) is 12.4 Å². The van der Waals surface area contributed by atoms with Crippen molar-refractivity contribution >= 4 is 11.5 Å². The lowest BCUT2D eigenvalue weighted by Gasteiger charge is -2.24. The fraction of sp³-hybridized carbons (Fsp3) is 0.480. The zero-order valence-electron chi connectivity index (χ0n) is 19.6. The van der Waals surface area contributed by atoms with Crippen LogP contribution >= 0.6 is 0 Å². The van der Waals surface area contributed by atoms with Crippen LogP contribution < -0.4 is 19.5 Å². The van der Waals surface area contributed by atoms with Crippen LogP contribution in [0, 0.1) is 0 Å². The number of hydrogen-bond acceptors (Lipinski definition) is 8. The van der Waals surface area contributed by atoms with Crippen LogP contribution in [0.4, 0.5) is 0 Å². The molecule has 0 radical (unpaired) electrons. The second kappa shape index (κ2) is 9.39. The van der Waals surface area contributed by atoms with Gasteiger partial charge in [-0.25, -0.2) is 4.79 Å². The molecule has 3 heterocycles. The molecule has 178 valence electrons. The van der Waals surface area contributed by atoms with Crippen LogP contribution in [0.25, 0.3) is 5.57 Å². The Bertz CT molecular complexity index is 1010. The Morgan fingerprint density at radius 1 is 1.36 bits per heavy atom. The third kappa shape index (κ3) is 4.80. The maximum absolute atomic E-state index is 12.5. The van der Waals surface area contributed by atoms with Gasteiger partial charge in [-0.05, 0) is 38.8 Å². The average molecular weight is 457 g/mol. The lowest BCUT2D eigenvalue weighted by atomic mass is 9.92. The minimum Gasteiger partial charge on any atom is -0.492 e. The first-order valence-corrected chi connectivity index (χ1v) is 11.4. The fourth-order valence-electron chi connectivity index (χ4n) is 3.99. The quantitative estimate of drug-likeness (QED) is 0.577. The van der Waals surface area contributed by atoms with Gasteiger partial charge in [0.1, 0.15) is 23.4 Å². The number of carbonyl (C=O) groups excluding carboxylic acids is 1. The largest absolute Gasteiger partial charge is 0.492 e.